The summed E-state index contributed by atoms with van der Waals surface area (Å²) in [6.07, 6.45) is 11.2. The molecular formula is C20H32OS. The summed E-state index contributed by atoms with van der Waals surface area (Å²) < 4.78 is 0. The van der Waals surface area contributed by atoms with Crippen LogP contribution in [0.1, 0.15) is 72.1 Å². The zero-order valence-corrected chi connectivity index (χ0v) is 15.3. The molecule has 22 heavy (non-hydrogen) atoms. The first-order chi connectivity index (χ1) is 10.4. The molecule has 9 atom stereocenters. The van der Waals surface area contributed by atoms with E-state index >= 15 is 0 Å². The molecule has 0 aromatic heterocycles. The van der Waals surface area contributed by atoms with E-state index in [4.69, 9.17) is 0 Å². The van der Waals surface area contributed by atoms with Crippen molar-refractivity contribution in [3.63, 3.8) is 0 Å². The number of thioether (sulfide) groups is 1. The highest BCUT2D eigenvalue weighted by atomic mass is 32.2. The minimum absolute atomic E-state index is 0.323. The molecule has 1 saturated heterocycles. The van der Waals surface area contributed by atoms with Crippen molar-refractivity contribution in [2.75, 3.05) is 0 Å². The second-order valence-corrected chi connectivity index (χ2v) is 11.6. The van der Waals surface area contributed by atoms with Crippen LogP contribution in [-0.2, 0) is 0 Å². The molecule has 5 rings (SSSR count). The maximum Gasteiger partial charge on any atom is 0.123 e. The summed E-state index contributed by atoms with van der Waals surface area (Å²) in [5.41, 5.74) is 1.07. The van der Waals surface area contributed by atoms with E-state index in [2.05, 4.69) is 20.8 Å². The van der Waals surface area contributed by atoms with Crippen LogP contribution in [0.25, 0.3) is 0 Å². The highest BCUT2D eigenvalue weighted by Crippen LogP contribution is 2.73. The third-order valence-electron chi connectivity index (χ3n) is 9.46. The molecular weight excluding hydrogens is 288 g/mol. The number of rotatable bonds is 0. The van der Waals surface area contributed by atoms with Crippen LogP contribution in [0.15, 0.2) is 0 Å². The molecule has 5 fully saturated rings. The largest absolute Gasteiger partial charge is 0.378 e. The molecule has 0 amide bonds. The summed E-state index contributed by atoms with van der Waals surface area (Å²) in [7, 11) is 0. The number of fused-ring (bicyclic) bond motifs is 6. The monoisotopic (exact) mass is 320 g/mol. The Morgan fingerprint density at radius 2 is 1.73 bits per heavy atom. The lowest BCUT2D eigenvalue weighted by atomic mass is 9.44. The zero-order chi connectivity index (χ0) is 15.3. The van der Waals surface area contributed by atoms with E-state index < -0.39 is 0 Å². The predicted molar refractivity (Wildman–Crippen MR) is 92.6 cm³/mol. The van der Waals surface area contributed by atoms with E-state index in [1.165, 1.54) is 44.9 Å². The molecule has 1 N–H and O–H groups in total. The van der Waals surface area contributed by atoms with Crippen LogP contribution >= 0.6 is 11.8 Å². The Kier molecular flexibility index (Phi) is 2.85. The SMILES string of the molecule is CC1CC[C@H]2[C@@H]3CCC4CC5SC5(O)C[C@]4(C)[C@@H]3CC[C@]12C. The first-order valence-electron chi connectivity index (χ1n) is 9.77. The van der Waals surface area contributed by atoms with Gasteiger partial charge < -0.3 is 5.11 Å². The third kappa shape index (κ3) is 1.67. The van der Waals surface area contributed by atoms with Gasteiger partial charge in [-0.15, -0.1) is 11.8 Å². The Bertz CT molecular complexity index is 506. The molecule has 0 radical (unpaired) electrons. The summed E-state index contributed by atoms with van der Waals surface area (Å²) in [5, 5.41) is 11.4. The van der Waals surface area contributed by atoms with Gasteiger partial charge in [-0.1, -0.05) is 20.8 Å². The summed E-state index contributed by atoms with van der Waals surface area (Å²) in [5.74, 6) is 4.69. The van der Waals surface area contributed by atoms with Gasteiger partial charge in [0, 0.05) is 5.25 Å². The zero-order valence-electron chi connectivity index (χ0n) is 14.5. The van der Waals surface area contributed by atoms with Gasteiger partial charge in [-0.3, -0.25) is 0 Å². The molecule has 1 heterocycles. The van der Waals surface area contributed by atoms with Crippen LogP contribution in [0.3, 0.4) is 0 Å². The van der Waals surface area contributed by atoms with Crippen LogP contribution in [0.4, 0.5) is 0 Å². The van der Waals surface area contributed by atoms with E-state index in [-0.39, 0.29) is 4.93 Å². The quantitative estimate of drug-likeness (QED) is 0.628. The van der Waals surface area contributed by atoms with Gasteiger partial charge in [0.2, 0.25) is 0 Å². The molecule has 4 aliphatic carbocycles. The smallest absolute Gasteiger partial charge is 0.123 e. The Balaban J connectivity index is 1.48. The third-order valence-corrected chi connectivity index (χ3v) is 10.9. The molecule has 0 bridgehead atoms. The second kappa shape index (κ2) is 4.28. The van der Waals surface area contributed by atoms with Crippen LogP contribution in [0.5, 0.6) is 0 Å². The van der Waals surface area contributed by atoms with Gasteiger partial charge in [0.15, 0.2) is 0 Å². The first kappa shape index (κ1) is 14.6. The van der Waals surface area contributed by atoms with Crippen molar-refractivity contribution in [2.24, 2.45) is 40.4 Å². The molecule has 0 spiro atoms. The summed E-state index contributed by atoms with van der Waals surface area (Å²) in [4.78, 5) is -0.323. The van der Waals surface area contributed by atoms with E-state index in [9.17, 15) is 5.11 Å². The number of hydrogen-bond donors (Lipinski definition) is 1. The predicted octanol–water partition coefficient (Wildman–Crippen LogP) is 5.08. The lowest BCUT2D eigenvalue weighted by Gasteiger charge is -2.60. The molecule has 1 nitrogen and oxygen atoms in total. The molecule has 4 saturated carbocycles. The minimum atomic E-state index is -0.323. The number of aliphatic hydroxyl groups is 1. The standard InChI is InChI=1S/C20H32OS/c1-12-4-7-15-14-6-5-13-10-17-20(21,22-17)11-19(13,3)16(14)8-9-18(12,15)2/h12-17,21H,4-11H2,1-3H3/t12?,13?,14-,15-,16+,17?,18+,19-,20?/m0/s1. The van der Waals surface area contributed by atoms with E-state index in [0.717, 1.165) is 36.0 Å². The molecule has 0 aromatic rings. The van der Waals surface area contributed by atoms with Gasteiger partial charge in [-0.25, -0.2) is 0 Å². The van der Waals surface area contributed by atoms with Crippen LogP contribution in [0, 0.1) is 40.4 Å². The van der Waals surface area contributed by atoms with Gasteiger partial charge in [0.25, 0.3) is 0 Å². The van der Waals surface area contributed by atoms with Crippen LogP contribution in [0.2, 0.25) is 0 Å². The maximum absolute atomic E-state index is 10.8. The van der Waals surface area contributed by atoms with Gasteiger partial charge in [0.05, 0.1) is 0 Å². The van der Waals surface area contributed by atoms with Crippen molar-refractivity contribution in [3.8, 4) is 0 Å². The molecule has 2 heteroatoms. The van der Waals surface area contributed by atoms with Crippen molar-refractivity contribution < 1.29 is 5.11 Å². The lowest BCUT2D eigenvalue weighted by Crippen LogP contribution is -2.54. The lowest BCUT2D eigenvalue weighted by molar-refractivity contribution is -0.126. The fraction of sp³-hybridized carbons (Fsp3) is 1.00. The Labute approximate surface area is 140 Å². The molecule has 1 aliphatic heterocycles. The van der Waals surface area contributed by atoms with Gasteiger partial charge in [0.1, 0.15) is 4.93 Å². The van der Waals surface area contributed by atoms with Crippen LogP contribution in [-0.4, -0.2) is 15.3 Å². The highest BCUT2D eigenvalue weighted by Gasteiger charge is 2.68. The van der Waals surface area contributed by atoms with Gasteiger partial charge in [-0.05, 0) is 91.8 Å². The molecule has 5 aliphatic rings. The van der Waals surface area contributed by atoms with Crippen LogP contribution < -0.4 is 0 Å². The Morgan fingerprint density at radius 1 is 0.955 bits per heavy atom. The van der Waals surface area contributed by atoms with Crippen molar-refractivity contribution in [1.82, 2.24) is 0 Å². The minimum Gasteiger partial charge on any atom is -0.378 e. The summed E-state index contributed by atoms with van der Waals surface area (Å²) >= 11 is 1.88. The fourth-order valence-electron chi connectivity index (χ4n) is 7.86. The highest BCUT2D eigenvalue weighted by molar-refractivity contribution is 8.08. The normalized spacial score (nSPS) is 66.0. The Hall–Kier alpha value is 0.310. The van der Waals surface area contributed by atoms with Crippen molar-refractivity contribution >= 4 is 11.8 Å². The van der Waals surface area contributed by atoms with Crippen molar-refractivity contribution in [3.05, 3.63) is 0 Å². The van der Waals surface area contributed by atoms with Crippen molar-refractivity contribution in [1.29, 1.82) is 0 Å². The summed E-state index contributed by atoms with van der Waals surface area (Å²) in [6.45, 7) is 7.70. The summed E-state index contributed by atoms with van der Waals surface area (Å²) in [6, 6.07) is 0. The van der Waals surface area contributed by atoms with Gasteiger partial charge in [-0.2, -0.15) is 0 Å². The fourth-order valence-corrected chi connectivity index (χ4v) is 9.19. The average Bonchev–Trinajstić information content (AvgIpc) is 3.00. The van der Waals surface area contributed by atoms with Crippen molar-refractivity contribution in [2.45, 2.75) is 82.3 Å². The van der Waals surface area contributed by atoms with E-state index in [1.807, 2.05) is 11.8 Å². The second-order valence-electron chi connectivity index (χ2n) is 10.0. The van der Waals surface area contributed by atoms with E-state index in [0.29, 0.717) is 16.1 Å². The van der Waals surface area contributed by atoms with Gasteiger partial charge >= 0.3 is 0 Å². The Morgan fingerprint density at radius 3 is 2.55 bits per heavy atom. The van der Waals surface area contributed by atoms with E-state index in [1.54, 1.807) is 0 Å². The maximum atomic E-state index is 10.8. The topological polar surface area (TPSA) is 20.2 Å². The first-order valence-corrected chi connectivity index (χ1v) is 10.6. The molecule has 124 valence electrons. The number of hydrogen-bond acceptors (Lipinski definition) is 2. The molecule has 4 unspecified atom stereocenters. The average molecular weight is 321 g/mol. The molecule has 0 aromatic carbocycles.